The van der Waals surface area contributed by atoms with Crippen molar-refractivity contribution in [2.75, 3.05) is 9.80 Å². The number of rotatable bonds is 11. The molecule has 0 aromatic heterocycles. The molecule has 3 heteroatoms. The highest BCUT2D eigenvalue weighted by molar-refractivity contribution is 7.17. The first-order valence-corrected chi connectivity index (χ1v) is 28.6. The van der Waals surface area contributed by atoms with Crippen LogP contribution in [0, 0.1) is 0 Å². The predicted molar refractivity (Wildman–Crippen MR) is 327 cm³/mol. The molecule has 2 heterocycles. The van der Waals surface area contributed by atoms with E-state index in [9.17, 15) is 0 Å². The van der Waals surface area contributed by atoms with Crippen molar-refractivity contribution in [1.82, 2.24) is 0 Å². The molecule has 0 spiro atoms. The van der Waals surface area contributed by atoms with Crippen LogP contribution in [0.2, 0.25) is 0 Å². The Hall–Kier alpha value is -9.54. The first-order chi connectivity index (χ1) is 38.1. The second kappa shape index (κ2) is 20.0. The van der Waals surface area contributed by atoms with Crippen LogP contribution in [0.3, 0.4) is 0 Å². The number of allylic oxidation sites excluding steroid dienone is 4. The summed E-state index contributed by atoms with van der Waals surface area (Å²) in [7, 11) is -2.93. The molecule has 11 aromatic carbocycles. The molecule has 0 bridgehead atoms. The molecule has 0 unspecified atom stereocenters. The van der Waals surface area contributed by atoms with E-state index in [0.717, 1.165) is 67.5 Å². The Morgan fingerprint density at radius 1 is 0.364 bits per heavy atom. The van der Waals surface area contributed by atoms with E-state index < -0.39 is 13.5 Å². The minimum atomic E-state index is -2.93. The van der Waals surface area contributed by atoms with Crippen LogP contribution in [0.5, 0.6) is 0 Å². The summed E-state index contributed by atoms with van der Waals surface area (Å²) in [5, 5.41) is 5.29. The minimum Gasteiger partial charge on any atom is -0.311 e. The molecule has 77 heavy (non-hydrogen) atoms. The van der Waals surface area contributed by atoms with Gasteiger partial charge in [-0.1, -0.05) is 255 Å². The molecule has 0 fully saturated rings. The fourth-order valence-corrected chi connectivity index (χ4v) is 17.9. The van der Waals surface area contributed by atoms with E-state index in [0.29, 0.717) is 0 Å². The topological polar surface area (TPSA) is 6.48 Å². The normalized spacial score (nSPS) is 14.1. The van der Waals surface area contributed by atoms with E-state index in [1.807, 2.05) is 0 Å². The molecule has 0 atom stereocenters. The Morgan fingerprint density at radius 2 is 0.727 bits per heavy atom. The average Bonchev–Trinajstić information content (AvgIpc) is 3.57. The van der Waals surface area contributed by atoms with Gasteiger partial charge in [0.1, 0.15) is 0 Å². The van der Waals surface area contributed by atoms with Gasteiger partial charge in [-0.2, -0.15) is 0 Å². The Balaban J connectivity index is 1.08. The van der Waals surface area contributed by atoms with Gasteiger partial charge in [-0.05, 0) is 144 Å². The summed E-state index contributed by atoms with van der Waals surface area (Å²) in [4.78, 5) is 4.99. The first kappa shape index (κ1) is 47.2. The van der Waals surface area contributed by atoms with Crippen LogP contribution >= 0.6 is 0 Å². The fraction of sp³-hybridized carbons (Fsp3) is 0.0270. The number of benzene rings is 11. The lowest BCUT2D eigenvalue weighted by molar-refractivity contribution is 0.731. The van der Waals surface area contributed by atoms with Gasteiger partial charge >= 0.3 is 0 Å². The van der Waals surface area contributed by atoms with Crippen LogP contribution < -0.4 is 25.4 Å². The van der Waals surface area contributed by atoms with Gasteiger partial charge in [0.2, 0.25) is 0 Å². The third-order valence-electron chi connectivity index (χ3n) is 15.8. The van der Waals surface area contributed by atoms with Crippen LogP contribution in [0.4, 0.5) is 28.4 Å². The van der Waals surface area contributed by atoms with E-state index in [1.54, 1.807) is 0 Å². The summed E-state index contributed by atoms with van der Waals surface area (Å²) in [5.74, 6) is 0. The van der Waals surface area contributed by atoms with Crippen molar-refractivity contribution in [3.8, 4) is 33.4 Å². The van der Waals surface area contributed by atoms with E-state index in [-0.39, 0.29) is 0 Å². The number of hydrogen-bond acceptors (Lipinski definition) is 2. The van der Waals surface area contributed by atoms with Gasteiger partial charge in [0.05, 0.1) is 16.8 Å². The van der Waals surface area contributed by atoms with E-state index in [4.69, 9.17) is 0 Å². The van der Waals surface area contributed by atoms with Crippen LogP contribution in [0.25, 0.3) is 33.4 Å². The lowest BCUT2D eigenvalue weighted by Gasteiger charge is -2.46. The summed E-state index contributed by atoms with van der Waals surface area (Å²) in [6, 6.07) is 108. The fourth-order valence-electron chi connectivity index (χ4n) is 12.7. The Kier molecular flexibility index (Phi) is 12.2. The van der Waals surface area contributed by atoms with Gasteiger partial charge in [0.25, 0.3) is 0 Å². The summed E-state index contributed by atoms with van der Waals surface area (Å²) in [5.41, 5.74) is 17.8. The predicted octanol–water partition coefficient (Wildman–Crippen LogP) is 17.0. The van der Waals surface area contributed by atoms with Crippen molar-refractivity contribution in [1.29, 1.82) is 0 Å². The van der Waals surface area contributed by atoms with Gasteiger partial charge < -0.3 is 9.80 Å². The van der Waals surface area contributed by atoms with Crippen LogP contribution in [-0.4, -0.2) is 8.07 Å². The molecular formula is C74H56N2Si. The highest BCUT2D eigenvalue weighted by Gasteiger charge is 2.50. The molecule has 11 aromatic rings. The summed E-state index contributed by atoms with van der Waals surface area (Å²) < 4.78 is 0. The average molecular weight is 1000 g/mol. The molecule has 2 nitrogen and oxygen atoms in total. The van der Waals surface area contributed by atoms with Crippen molar-refractivity contribution >= 4 is 52.1 Å². The molecule has 0 amide bonds. The molecule has 0 N–H and O–H groups in total. The zero-order chi connectivity index (χ0) is 51.8. The lowest BCUT2D eigenvalue weighted by Crippen LogP contribution is -2.71. The monoisotopic (exact) mass is 1000 g/mol. The zero-order valence-electron chi connectivity index (χ0n) is 43.0. The van der Waals surface area contributed by atoms with E-state index in [2.05, 4.69) is 333 Å². The molecule has 0 aliphatic carbocycles. The third-order valence-corrected chi connectivity index (χ3v) is 20.7. The van der Waals surface area contributed by atoms with Crippen molar-refractivity contribution < 1.29 is 0 Å². The first-order valence-electron chi connectivity index (χ1n) is 26.6. The molecule has 0 saturated heterocycles. The Morgan fingerprint density at radius 3 is 1.17 bits per heavy atom. The second-order valence-electron chi connectivity index (χ2n) is 20.0. The van der Waals surface area contributed by atoms with Crippen molar-refractivity contribution in [2.45, 2.75) is 12.3 Å². The van der Waals surface area contributed by atoms with Crippen molar-refractivity contribution in [2.24, 2.45) is 0 Å². The lowest BCUT2D eigenvalue weighted by atomic mass is 9.62. The summed E-state index contributed by atoms with van der Waals surface area (Å²) >= 11 is 0. The Labute approximate surface area is 454 Å². The molecule has 13 rings (SSSR count). The SMILES string of the molecule is C=CC1=C(/C=C\C)[Si](c2ccccc2)(c2ccccc2)c2ccccc2N1c1cc(-c2ccccc2)cc(-c2cc(-c3ccccc3)cc(N3c4ccccc4C(c4ccccc4)(c4ccccc4)c4ccccc43)c2)c1. The van der Waals surface area contributed by atoms with Gasteiger partial charge in [0.15, 0.2) is 8.07 Å². The third kappa shape index (κ3) is 7.77. The van der Waals surface area contributed by atoms with Crippen LogP contribution in [0.15, 0.2) is 327 Å². The molecule has 2 aliphatic rings. The van der Waals surface area contributed by atoms with E-state index >= 15 is 0 Å². The van der Waals surface area contributed by atoms with Gasteiger partial charge in [-0.15, -0.1) is 0 Å². The molecule has 0 radical (unpaired) electrons. The summed E-state index contributed by atoms with van der Waals surface area (Å²) in [6.45, 7) is 6.80. The zero-order valence-corrected chi connectivity index (χ0v) is 44.0. The number of fused-ring (bicyclic) bond motifs is 3. The molecule has 0 saturated carbocycles. The minimum absolute atomic E-state index is 0.584. The smallest absolute Gasteiger partial charge is 0.184 e. The number of para-hydroxylation sites is 3. The van der Waals surface area contributed by atoms with Crippen LogP contribution in [0.1, 0.15) is 29.2 Å². The highest BCUT2D eigenvalue weighted by Crippen LogP contribution is 2.58. The van der Waals surface area contributed by atoms with Gasteiger partial charge in [0, 0.05) is 22.8 Å². The van der Waals surface area contributed by atoms with Gasteiger partial charge in [-0.25, -0.2) is 0 Å². The number of hydrogen-bond donors (Lipinski definition) is 0. The Bertz CT molecular complexity index is 3870. The molecule has 2 aliphatic heterocycles. The van der Waals surface area contributed by atoms with Crippen molar-refractivity contribution in [3.05, 3.63) is 349 Å². The summed E-state index contributed by atoms with van der Waals surface area (Å²) in [6.07, 6.45) is 6.67. The molecular weight excluding hydrogens is 945 g/mol. The van der Waals surface area contributed by atoms with E-state index in [1.165, 1.54) is 43.0 Å². The standard InChI is InChI=1S/C74H56N2Si/c1-3-29-72-68(4-2)75(71-46-27-28-47-73(71)77(72,64-38-19-9-20-39-64)65-40-21-10-22-41-65)62-50-56(54-30-11-5-12-31-54)48-58(52-62)59-49-57(55-32-13-6-14-33-55)51-63(53-59)76-69-44-25-23-42-66(69)74(60-34-15-7-16-35-60,61-36-17-8-18-37-61)67-43-24-26-45-70(67)76/h3-53H,2H2,1H3/b29-3-. The van der Waals surface area contributed by atoms with Crippen molar-refractivity contribution in [3.63, 3.8) is 0 Å². The largest absolute Gasteiger partial charge is 0.311 e. The maximum Gasteiger partial charge on any atom is 0.184 e. The highest BCUT2D eigenvalue weighted by atomic mass is 28.3. The quantitative estimate of drug-likeness (QED) is 0.119. The second-order valence-corrected chi connectivity index (χ2v) is 23.7. The maximum atomic E-state index is 4.66. The van der Waals surface area contributed by atoms with Gasteiger partial charge in [-0.3, -0.25) is 0 Å². The molecule has 366 valence electrons. The number of nitrogens with zero attached hydrogens (tertiary/aromatic N) is 2. The number of anilines is 5. The maximum absolute atomic E-state index is 4.66. The van der Waals surface area contributed by atoms with Crippen LogP contribution in [-0.2, 0) is 5.41 Å².